The van der Waals surface area contributed by atoms with Crippen LogP contribution >= 0.6 is 0 Å². The summed E-state index contributed by atoms with van der Waals surface area (Å²) in [7, 11) is 2.19. The first-order valence-corrected chi connectivity index (χ1v) is 6.52. The Kier molecular flexibility index (Phi) is 6.29. The molecule has 0 bridgehead atoms. The minimum Gasteiger partial charge on any atom is -0.409 e. The Morgan fingerprint density at radius 1 is 1.41 bits per heavy atom. The molecule has 0 spiro atoms. The second-order valence-electron chi connectivity index (χ2n) is 5.05. The summed E-state index contributed by atoms with van der Waals surface area (Å²) in [6, 6.07) is 0.631. The van der Waals surface area contributed by atoms with Gasteiger partial charge in [0, 0.05) is 19.0 Å². The normalized spacial score (nSPS) is 24.8. The van der Waals surface area contributed by atoms with E-state index in [4.69, 9.17) is 10.9 Å². The van der Waals surface area contributed by atoms with Gasteiger partial charge in [-0.25, -0.2) is 0 Å². The molecule has 0 amide bonds. The zero-order valence-electron chi connectivity index (χ0n) is 11.1. The number of likely N-dealkylation sites (N-methyl/N-ethyl adjacent to an activating group) is 1. The lowest BCUT2D eigenvalue weighted by molar-refractivity contribution is 0.199. The highest BCUT2D eigenvalue weighted by Gasteiger charge is 2.18. The van der Waals surface area contributed by atoms with Crippen LogP contribution in [0.4, 0.5) is 0 Å². The quantitative estimate of drug-likeness (QED) is 0.247. The zero-order valence-corrected chi connectivity index (χ0v) is 11.1. The van der Waals surface area contributed by atoms with E-state index in [0.29, 0.717) is 18.3 Å². The van der Waals surface area contributed by atoms with Crippen molar-refractivity contribution < 1.29 is 5.21 Å². The first kappa shape index (κ1) is 14.3. The summed E-state index contributed by atoms with van der Waals surface area (Å²) in [4.78, 5) is 4.96. The van der Waals surface area contributed by atoms with Crippen molar-refractivity contribution in [1.29, 1.82) is 0 Å². The van der Waals surface area contributed by atoms with Gasteiger partial charge in [-0.15, -0.1) is 0 Å². The van der Waals surface area contributed by atoms with Crippen molar-refractivity contribution in [2.75, 3.05) is 33.2 Å². The largest absolute Gasteiger partial charge is 0.409 e. The lowest BCUT2D eigenvalue weighted by Gasteiger charge is -2.27. The van der Waals surface area contributed by atoms with Gasteiger partial charge in [0.25, 0.3) is 0 Å². The maximum atomic E-state index is 8.44. The van der Waals surface area contributed by atoms with Crippen LogP contribution in [-0.2, 0) is 0 Å². The van der Waals surface area contributed by atoms with Crippen molar-refractivity contribution in [3.8, 4) is 0 Å². The van der Waals surface area contributed by atoms with E-state index in [2.05, 4.69) is 28.9 Å². The molecule has 0 aromatic heterocycles. The molecule has 1 rings (SSSR count). The Hall–Kier alpha value is -0.810. The minimum absolute atomic E-state index is 0.341. The van der Waals surface area contributed by atoms with Crippen molar-refractivity contribution in [3.05, 3.63) is 0 Å². The molecule has 100 valence electrons. The van der Waals surface area contributed by atoms with E-state index in [1.165, 1.54) is 19.5 Å². The smallest absolute Gasteiger partial charge is 0.139 e. The van der Waals surface area contributed by atoms with E-state index in [1.54, 1.807) is 0 Å². The monoisotopic (exact) mass is 242 g/mol. The van der Waals surface area contributed by atoms with Crippen LogP contribution in [0.5, 0.6) is 0 Å². The zero-order chi connectivity index (χ0) is 12.7. The second-order valence-corrected chi connectivity index (χ2v) is 5.05. The van der Waals surface area contributed by atoms with Crippen LogP contribution in [0.2, 0.25) is 0 Å². The van der Waals surface area contributed by atoms with Gasteiger partial charge in [0.05, 0.1) is 0 Å². The second kappa shape index (κ2) is 7.50. The summed E-state index contributed by atoms with van der Waals surface area (Å²) in [5, 5.41) is 11.4. The summed E-state index contributed by atoms with van der Waals surface area (Å²) < 4.78 is 0. The summed E-state index contributed by atoms with van der Waals surface area (Å²) >= 11 is 0. The molecule has 1 unspecified atom stereocenters. The molecule has 1 saturated heterocycles. The number of amidine groups is 1. The Labute approximate surface area is 104 Å². The molecule has 0 aromatic rings. The number of rotatable bonds is 5. The number of unbranched alkanes of at least 4 members (excludes halogenated alkanes) is 1. The van der Waals surface area contributed by atoms with Crippen molar-refractivity contribution in [2.45, 2.75) is 38.6 Å². The molecule has 5 heteroatoms. The molecule has 1 fully saturated rings. The van der Waals surface area contributed by atoms with Crippen LogP contribution in [0.3, 0.4) is 0 Å². The number of oxime groups is 1. The number of nitrogens with zero attached hydrogens (tertiary/aromatic N) is 3. The Morgan fingerprint density at radius 3 is 2.88 bits per heavy atom. The standard InChI is InChI=1S/C12H26N4O/c1-11-10-15(2)7-5-9-16(11)8-4-3-6-12(13)14-17/h11,17H,3-10H2,1-2H3,(H2,13,14). The van der Waals surface area contributed by atoms with Crippen LogP contribution in [0.15, 0.2) is 5.16 Å². The summed E-state index contributed by atoms with van der Waals surface area (Å²) in [6.07, 6.45) is 4.05. The third kappa shape index (κ3) is 5.37. The van der Waals surface area contributed by atoms with Gasteiger partial charge in [0.15, 0.2) is 0 Å². The van der Waals surface area contributed by atoms with Crippen molar-refractivity contribution in [3.63, 3.8) is 0 Å². The van der Waals surface area contributed by atoms with Crippen molar-refractivity contribution in [1.82, 2.24) is 9.80 Å². The molecule has 0 radical (unpaired) electrons. The van der Waals surface area contributed by atoms with Crippen molar-refractivity contribution >= 4 is 5.84 Å². The third-order valence-corrected chi connectivity index (χ3v) is 3.44. The minimum atomic E-state index is 0.341. The van der Waals surface area contributed by atoms with Gasteiger partial charge in [-0.3, -0.25) is 4.90 Å². The maximum absolute atomic E-state index is 8.44. The molecule has 0 aromatic carbocycles. The number of hydrogen-bond donors (Lipinski definition) is 2. The molecule has 3 N–H and O–H groups in total. The van der Waals surface area contributed by atoms with E-state index in [9.17, 15) is 0 Å². The molecular weight excluding hydrogens is 216 g/mol. The first-order chi connectivity index (χ1) is 8.13. The average Bonchev–Trinajstić information content (AvgIpc) is 2.46. The Morgan fingerprint density at radius 2 is 2.18 bits per heavy atom. The third-order valence-electron chi connectivity index (χ3n) is 3.44. The van der Waals surface area contributed by atoms with Crippen molar-refractivity contribution in [2.24, 2.45) is 10.9 Å². The van der Waals surface area contributed by atoms with Crippen LogP contribution in [0, 0.1) is 0 Å². The first-order valence-electron chi connectivity index (χ1n) is 6.52. The molecular formula is C12H26N4O. The van der Waals surface area contributed by atoms with Gasteiger partial charge in [0.2, 0.25) is 0 Å². The number of nitrogens with two attached hydrogens (primary N) is 1. The highest BCUT2D eigenvalue weighted by atomic mass is 16.4. The van der Waals surface area contributed by atoms with E-state index < -0.39 is 0 Å². The molecule has 1 aliphatic heterocycles. The van der Waals surface area contributed by atoms with E-state index in [-0.39, 0.29) is 0 Å². The molecule has 0 aliphatic carbocycles. The van der Waals surface area contributed by atoms with Crippen LogP contribution in [0.1, 0.15) is 32.6 Å². The predicted octanol–water partition coefficient (Wildman–Crippen LogP) is 0.929. The average molecular weight is 242 g/mol. The number of hydrogen-bond acceptors (Lipinski definition) is 4. The summed E-state index contributed by atoms with van der Waals surface area (Å²) in [6.45, 7) is 6.96. The van der Waals surface area contributed by atoms with E-state index in [0.717, 1.165) is 25.9 Å². The van der Waals surface area contributed by atoms with Gasteiger partial charge < -0.3 is 15.8 Å². The molecule has 1 atom stereocenters. The van der Waals surface area contributed by atoms with Gasteiger partial charge in [-0.1, -0.05) is 5.16 Å². The molecule has 17 heavy (non-hydrogen) atoms. The summed E-state index contributed by atoms with van der Waals surface area (Å²) in [5.74, 6) is 0.341. The van der Waals surface area contributed by atoms with E-state index >= 15 is 0 Å². The SMILES string of the molecule is CC1CN(C)CCCN1CCCCC(N)=NO. The highest BCUT2D eigenvalue weighted by Crippen LogP contribution is 2.10. The summed E-state index contributed by atoms with van der Waals surface area (Å²) in [5.41, 5.74) is 5.44. The van der Waals surface area contributed by atoms with E-state index in [1.807, 2.05) is 0 Å². The van der Waals surface area contributed by atoms with Crippen LogP contribution < -0.4 is 5.73 Å². The fraction of sp³-hybridized carbons (Fsp3) is 0.917. The van der Waals surface area contributed by atoms with Crippen LogP contribution in [0.25, 0.3) is 0 Å². The lowest BCUT2D eigenvalue weighted by Crippen LogP contribution is -2.38. The van der Waals surface area contributed by atoms with Gasteiger partial charge in [-0.2, -0.15) is 0 Å². The lowest BCUT2D eigenvalue weighted by atomic mass is 10.2. The molecule has 5 nitrogen and oxygen atoms in total. The Bertz CT molecular complexity index is 245. The molecule has 1 aliphatic rings. The molecule has 0 saturated carbocycles. The van der Waals surface area contributed by atoms with Gasteiger partial charge >= 0.3 is 0 Å². The van der Waals surface area contributed by atoms with Gasteiger partial charge in [-0.05, 0) is 52.9 Å². The van der Waals surface area contributed by atoms with Crippen LogP contribution in [-0.4, -0.2) is 60.1 Å². The molecule has 1 heterocycles. The fourth-order valence-corrected chi connectivity index (χ4v) is 2.43. The highest BCUT2D eigenvalue weighted by molar-refractivity contribution is 5.79. The topological polar surface area (TPSA) is 65.1 Å². The Balaban J connectivity index is 2.21. The predicted molar refractivity (Wildman–Crippen MR) is 70.4 cm³/mol. The van der Waals surface area contributed by atoms with Gasteiger partial charge in [0.1, 0.15) is 5.84 Å². The maximum Gasteiger partial charge on any atom is 0.139 e. The fourth-order valence-electron chi connectivity index (χ4n) is 2.43.